The Kier molecular flexibility index (Phi) is 8.02. The monoisotopic (exact) mass is 457 g/mol. The topological polar surface area (TPSA) is 72.0 Å². The number of benzene rings is 1. The van der Waals surface area contributed by atoms with E-state index in [2.05, 4.69) is 0 Å². The van der Waals surface area contributed by atoms with Gasteiger partial charge in [-0.3, -0.25) is 4.79 Å². The summed E-state index contributed by atoms with van der Waals surface area (Å²) in [4.78, 5) is 34.1. The van der Waals surface area contributed by atoms with E-state index in [1.807, 2.05) is 30.6 Å². The summed E-state index contributed by atoms with van der Waals surface area (Å²) in [7, 11) is 2.92. The van der Waals surface area contributed by atoms with E-state index in [1.165, 1.54) is 19.2 Å². The first-order valence-corrected chi connectivity index (χ1v) is 11.2. The Morgan fingerprint density at radius 3 is 2.45 bits per heavy atom. The smallest absolute Gasteiger partial charge is 0.341 e. The van der Waals surface area contributed by atoms with Gasteiger partial charge in [0.05, 0.1) is 25.8 Å². The van der Waals surface area contributed by atoms with Crippen LogP contribution < -0.4 is 4.90 Å². The van der Waals surface area contributed by atoms with E-state index in [0.717, 1.165) is 16.8 Å². The number of methoxy groups -OCH3 is 2. The first-order chi connectivity index (χ1) is 15.8. The summed E-state index contributed by atoms with van der Waals surface area (Å²) >= 11 is 0. The van der Waals surface area contributed by atoms with Crippen molar-refractivity contribution in [1.82, 2.24) is 9.88 Å². The molecule has 2 aromatic rings. The third-order valence-corrected chi connectivity index (χ3v) is 5.91. The number of rotatable bonds is 7. The molecule has 2 heterocycles. The summed E-state index contributed by atoms with van der Waals surface area (Å²) in [6.45, 7) is 8.07. The standard InChI is InChI=1S/C25H32FN3O4/c1-16(2)23-20(18-6-8-19(26)9-7-18)14-21(25(31)33-5)24(27-23)28-11-12-29(17(3)15-28)22(30)10-13-32-4/h6-9,14,16-17H,10-13,15H2,1-5H3. The average Bonchev–Trinajstić information content (AvgIpc) is 2.81. The van der Waals surface area contributed by atoms with Gasteiger partial charge in [-0.05, 0) is 36.6 Å². The number of anilines is 1. The summed E-state index contributed by atoms with van der Waals surface area (Å²) in [6.07, 6.45) is 0.344. The first-order valence-electron chi connectivity index (χ1n) is 11.2. The number of nitrogens with zero attached hydrogens (tertiary/aromatic N) is 3. The number of carbonyl (C=O) groups is 2. The van der Waals surface area contributed by atoms with Gasteiger partial charge in [0.25, 0.3) is 0 Å². The maximum absolute atomic E-state index is 13.5. The molecular weight excluding hydrogens is 425 g/mol. The lowest BCUT2D eigenvalue weighted by atomic mass is 9.95. The zero-order chi connectivity index (χ0) is 24.1. The number of halogens is 1. The molecule has 178 valence electrons. The van der Waals surface area contributed by atoms with Crippen LogP contribution in [-0.2, 0) is 14.3 Å². The number of ether oxygens (including phenoxy) is 2. The van der Waals surface area contributed by atoms with Crippen LogP contribution in [0.25, 0.3) is 11.1 Å². The fourth-order valence-corrected chi connectivity index (χ4v) is 4.17. The van der Waals surface area contributed by atoms with E-state index in [9.17, 15) is 14.0 Å². The predicted octanol–water partition coefficient (Wildman–Crippen LogP) is 3.87. The molecule has 1 aromatic heterocycles. The highest BCUT2D eigenvalue weighted by molar-refractivity contribution is 5.96. The second-order valence-corrected chi connectivity index (χ2v) is 8.57. The first kappa shape index (κ1) is 24.6. The summed E-state index contributed by atoms with van der Waals surface area (Å²) in [5.74, 6) is -0.131. The van der Waals surface area contributed by atoms with Gasteiger partial charge < -0.3 is 19.3 Å². The molecule has 1 aliphatic rings. The van der Waals surface area contributed by atoms with E-state index in [-0.39, 0.29) is 23.7 Å². The molecule has 1 unspecified atom stereocenters. The maximum atomic E-state index is 13.5. The molecule has 33 heavy (non-hydrogen) atoms. The third kappa shape index (κ3) is 5.50. The van der Waals surface area contributed by atoms with Crippen molar-refractivity contribution in [2.75, 3.05) is 45.4 Å². The van der Waals surface area contributed by atoms with Crippen molar-refractivity contribution in [1.29, 1.82) is 0 Å². The van der Waals surface area contributed by atoms with Gasteiger partial charge in [-0.2, -0.15) is 0 Å². The number of carbonyl (C=O) groups excluding carboxylic acids is 2. The van der Waals surface area contributed by atoms with Crippen LogP contribution >= 0.6 is 0 Å². The normalized spacial score (nSPS) is 16.3. The fourth-order valence-electron chi connectivity index (χ4n) is 4.17. The summed E-state index contributed by atoms with van der Waals surface area (Å²) < 4.78 is 23.6. The van der Waals surface area contributed by atoms with Gasteiger partial charge in [0.2, 0.25) is 5.91 Å². The number of esters is 1. The van der Waals surface area contributed by atoms with Crippen molar-refractivity contribution in [2.24, 2.45) is 0 Å². The maximum Gasteiger partial charge on any atom is 0.341 e. The molecule has 0 N–H and O–H groups in total. The van der Waals surface area contributed by atoms with Crippen molar-refractivity contribution < 1.29 is 23.5 Å². The molecule has 7 nitrogen and oxygen atoms in total. The molecule has 0 spiro atoms. The lowest BCUT2D eigenvalue weighted by Crippen LogP contribution is -2.54. The van der Waals surface area contributed by atoms with Gasteiger partial charge in [-0.15, -0.1) is 0 Å². The Bertz CT molecular complexity index is 994. The van der Waals surface area contributed by atoms with E-state index < -0.39 is 5.97 Å². The molecule has 1 fully saturated rings. The van der Waals surface area contributed by atoms with Crippen LogP contribution in [0.3, 0.4) is 0 Å². The second-order valence-electron chi connectivity index (χ2n) is 8.57. The number of amides is 1. The molecular formula is C25H32FN3O4. The predicted molar refractivity (Wildman–Crippen MR) is 125 cm³/mol. The molecule has 1 aromatic carbocycles. The number of hydrogen-bond acceptors (Lipinski definition) is 6. The van der Waals surface area contributed by atoms with Crippen molar-refractivity contribution in [3.05, 3.63) is 47.4 Å². The van der Waals surface area contributed by atoms with Crippen molar-refractivity contribution in [3.8, 4) is 11.1 Å². The van der Waals surface area contributed by atoms with Crippen LogP contribution in [-0.4, -0.2) is 68.3 Å². The van der Waals surface area contributed by atoms with Crippen LogP contribution in [0, 0.1) is 5.82 Å². The van der Waals surface area contributed by atoms with E-state index in [0.29, 0.717) is 44.0 Å². The average molecular weight is 458 g/mol. The van der Waals surface area contributed by atoms with Gasteiger partial charge in [0.15, 0.2) is 0 Å². The Morgan fingerprint density at radius 2 is 1.88 bits per heavy atom. The minimum Gasteiger partial charge on any atom is -0.465 e. The number of pyridine rings is 1. The lowest BCUT2D eigenvalue weighted by molar-refractivity contribution is -0.134. The molecule has 1 amide bonds. The lowest BCUT2D eigenvalue weighted by Gasteiger charge is -2.41. The minimum atomic E-state index is -0.484. The molecule has 1 aliphatic heterocycles. The van der Waals surface area contributed by atoms with Gasteiger partial charge in [-0.1, -0.05) is 26.0 Å². The SMILES string of the molecule is COCCC(=O)N1CCN(c2nc(C(C)C)c(-c3ccc(F)cc3)cc2C(=O)OC)CC1C. The quantitative estimate of drug-likeness (QED) is 0.588. The summed E-state index contributed by atoms with van der Waals surface area (Å²) in [6, 6.07) is 7.91. The Balaban J connectivity index is 1.99. The fraction of sp³-hybridized carbons (Fsp3) is 0.480. The largest absolute Gasteiger partial charge is 0.465 e. The van der Waals surface area contributed by atoms with Gasteiger partial charge in [0.1, 0.15) is 17.2 Å². The van der Waals surface area contributed by atoms with Gasteiger partial charge in [-0.25, -0.2) is 14.2 Å². The van der Waals surface area contributed by atoms with Crippen LogP contribution in [0.15, 0.2) is 30.3 Å². The van der Waals surface area contributed by atoms with E-state index >= 15 is 0 Å². The Morgan fingerprint density at radius 1 is 1.18 bits per heavy atom. The number of aromatic nitrogens is 1. The van der Waals surface area contributed by atoms with Crippen LogP contribution in [0.1, 0.15) is 49.2 Å². The number of piperazine rings is 1. The number of hydrogen-bond donors (Lipinski definition) is 0. The van der Waals surface area contributed by atoms with Crippen molar-refractivity contribution in [2.45, 2.75) is 39.2 Å². The highest BCUT2D eigenvalue weighted by atomic mass is 19.1. The van der Waals surface area contributed by atoms with Crippen LogP contribution in [0.2, 0.25) is 0 Å². The van der Waals surface area contributed by atoms with Crippen LogP contribution in [0.5, 0.6) is 0 Å². The Hall–Kier alpha value is -3.00. The molecule has 3 rings (SSSR count). The van der Waals surface area contributed by atoms with Gasteiger partial charge in [0, 0.05) is 38.3 Å². The Labute approximate surface area is 194 Å². The highest BCUT2D eigenvalue weighted by Crippen LogP contribution is 2.34. The summed E-state index contributed by atoms with van der Waals surface area (Å²) in [5, 5.41) is 0. The zero-order valence-electron chi connectivity index (χ0n) is 19.9. The zero-order valence-corrected chi connectivity index (χ0v) is 19.9. The molecule has 1 saturated heterocycles. The molecule has 0 radical (unpaired) electrons. The molecule has 0 saturated carbocycles. The van der Waals surface area contributed by atoms with Crippen molar-refractivity contribution >= 4 is 17.7 Å². The molecule has 0 aliphatic carbocycles. The molecule has 8 heteroatoms. The van der Waals surface area contributed by atoms with E-state index in [1.54, 1.807) is 25.3 Å². The third-order valence-electron chi connectivity index (χ3n) is 5.91. The molecule has 1 atom stereocenters. The van der Waals surface area contributed by atoms with Crippen LogP contribution in [0.4, 0.5) is 10.2 Å². The summed E-state index contributed by atoms with van der Waals surface area (Å²) in [5.41, 5.74) is 2.73. The van der Waals surface area contributed by atoms with Crippen molar-refractivity contribution in [3.63, 3.8) is 0 Å². The van der Waals surface area contributed by atoms with E-state index in [4.69, 9.17) is 14.5 Å². The highest BCUT2D eigenvalue weighted by Gasteiger charge is 2.31. The molecule has 0 bridgehead atoms. The van der Waals surface area contributed by atoms with Gasteiger partial charge >= 0.3 is 5.97 Å². The second kappa shape index (κ2) is 10.7. The minimum absolute atomic E-state index is 0.0466.